The van der Waals surface area contributed by atoms with Gasteiger partial charge in [0.1, 0.15) is 0 Å². The van der Waals surface area contributed by atoms with Crippen molar-refractivity contribution in [1.82, 2.24) is 5.32 Å². The van der Waals surface area contributed by atoms with Crippen LogP contribution in [-0.2, 0) is 14.8 Å². The van der Waals surface area contributed by atoms with Crippen LogP contribution in [0.1, 0.15) is 36.5 Å². The zero-order valence-corrected chi connectivity index (χ0v) is 13.6. The number of aliphatic carboxylic acids is 1. The van der Waals surface area contributed by atoms with E-state index in [0.29, 0.717) is 24.9 Å². The first kappa shape index (κ1) is 17.3. The van der Waals surface area contributed by atoms with Gasteiger partial charge in [0.25, 0.3) is 5.91 Å². The molecule has 0 aromatic heterocycles. The van der Waals surface area contributed by atoms with Crippen molar-refractivity contribution in [3.05, 3.63) is 29.8 Å². The summed E-state index contributed by atoms with van der Waals surface area (Å²) in [4.78, 5) is 23.2. The SMILES string of the molecule is CCCS(=O)(=O)Nc1cccc(C(=O)NCC2(C(=O)O)CC2)c1. The summed E-state index contributed by atoms with van der Waals surface area (Å²) in [5, 5.41) is 11.7. The molecule has 0 radical (unpaired) electrons. The Bertz CT molecular complexity index is 710. The number of sulfonamides is 1. The second-order valence-electron chi connectivity index (χ2n) is 5.77. The number of anilines is 1. The van der Waals surface area contributed by atoms with Crippen molar-refractivity contribution in [2.45, 2.75) is 26.2 Å². The van der Waals surface area contributed by atoms with Crippen molar-refractivity contribution in [2.75, 3.05) is 17.0 Å². The van der Waals surface area contributed by atoms with E-state index in [0.717, 1.165) is 0 Å². The van der Waals surface area contributed by atoms with Gasteiger partial charge < -0.3 is 10.4 Å². The van der Waals surface area contributed by atoms with Crippen molar-refractivity contribution >= 4 is 27.6 Å². The fourth-order valence-electron chi connectivity index (χ4n) is 2.19. The highest BCUT2D eigenvalue weighted by molar-refractivity contribution is 7.92. The van der Waals surface area contributed by atoms with Crippen molar-refractivity contribution < 1.29 is 23.1 Å². The molecule has 23 heavy (non-hydrogen) atoms. The van der Waals surface area contributed by atoms with E-state index >= 15 is 0 Å². The molecule has 1 aromatic rings. The summed E-state index contributed by atoms with van der Waals surface area (Å²) >= 11 is 0. The zero-order valence-electron chi connectivity index (χ0n) is 12.8. The summed E-state index contributed by atoms with van der Waals surface area (Å²) in [6, 6.07) is 6.11. The van der Waals surface area contributed by atoms with Gasteiger partial charge in [-0.25, -0.2) is 8.42 Å². The Morgan fingerprint density at radius 1 is 1.30 bits per heavy atom. The molecule has 3 N–H and O–H groups in total. The molecule has 1 amide bonds. The smallest absolute Gasteiger partial charge is 0.311 e. The minimum Gasteiger partial charge on any atom is -0.481 e. The second kappa shape index (κ2) is 6.57. The number of hydrogen-bond donors (Lipinski definition) is 3. The van der Waals surface area contributed by atoms with Gasteiger partial charge in [0, 0.05) is 17.8 Å². The molecule has 0 unspecified atom stereocenters. The van der Waals surface area contributed by atoms with E-state index in [1.807, 2.05) is 0 Å². The Balaban J connectivity index is 2.02. The third-order valence-electron chi connectivity index (χ3n) is 3.77. The molecule has 1 saturated carbocycles. The fraction of sp³-hybridized carbons (Fsp3) is 0.467. The Hall–Kier alpha value is -2.09. The summed E-state index contributed by atoms with van der Waals surface area (Å²) in [6.07, 6.45) is 1.60. The highest BCUT2D eigenvalue weighted by atomic mass is 32.2. The number of carbonyl (C=O) groups excluding carboxylic acids is 1. The second-order valence-corrected chi connectivity index (χ2v) is 7.61. The zero-order chi connectivity index (χ0) is 17.1. The molecule has 1 fully saturated rings. The molecule has 0 spiro atoms. The van der Waals surface area contributed by atoms with Crippen LogP contribution in [0, 0.1) is 5.41 Å². The van der Waals surface area contributed by atoms with Gasteiger partial charge in [-0.2, -0.15) is 0 Å². The van der Waals surface area contributed by atoms with Gasteiger partial charge in [-0.15, -0.1) is 0 Å². The van der Waals surface area contributed by atoms with Crippen molar-refractivity contribution in [1.29, 1.82) is 0 Å². The average Bonchev–Trinajstić information content (AvgIpc) is 3.25. The number of amides is 1. The van der Waals surface area contributed by atoms with E-state index in [2.05, 4.69) is 10.0 Å². The van der Waals surface area contributed by atoms with Crippen LogP contribution in [0.4, 0.5) is 5.69 Å². The van der Waals surface area contributed by atoms with E-state index in [1.165, 1.54) is 6.07 Å². The third-order valence-corrected chi connectivity index (χ3v) is 5.26. The molecule has 126 valence electrons. The van der Waals surface area contributed by atoms with Crippen molar-refractivity contribution in [2.24, 2.45) is 5.41 Å². The molecule has 7 nitrogen and oxygen atoms in total. The maximum Gasteiger partial charge on any atom is 0.311 e. The number of carboxylic acid groups (broad SMARTS) is 1. The van der Waals surface area contributed by atoms with Crippen LogP contribution in [0.15, 0.2) is 24.3 Å². The lowest BCUT2D eigenvalue weighted by Gasteiger charge is -2.12. The van der Waals surface area contributed by atoms with Crippen LogP contribution in [0.2, 0.25) is 0 Å². The summed E-state index contributed by atoms with van der Waals surface area (Å²) in [6.45, 7) is 1.84. The quantitative estimate of drug-likeness (QED) is 0.663. The van der Waals surface area contributed by atoms with Crippen LogP contribution in [0.3, 0.4) is 0 Å². The largest absolute Gasteiger partial charge is 0.481 e. The molecule has 1 aromatic carbocycles. The topological polar surface area (TPSA) is 113 Å². The molecular weight excluding hydrogens is 320 g/mol. The lowest BCUT2D eigenvalue weighted by molar-refractivity contribution is -0.143. The predicted molar refractivity (Wildman–Crippen MR) is 85.8 cm³/mol. The Kier molecular flexibility index (Phi) is 4.93. The number of carbonyl (C=O) groups is 2. The highest BCUT2D eigenvalue weighted by Gasteiger charge is 2.50. The van der Waals surface area contributed by atoms with Gasteiger partial charge in [-0.1, -0.05) is 13.0 Å². The summed E-state index contributed by atoms with van der Waals surface area (Å²) in [5.41, 5.74) is -0.246. The van der Waals surface area contributed by atoms with Gasteiger partial charge in [0.15, 0.2) is 0 Å². The molecular formula is C15H20N2O5S. The first-order valence-corrected chi connectivity index (χ1v) is 9.05. The molecule has 1 aliphatic rings. The van der Waals surface area contributed by atoms with Crippen LogP contribution in [-0.4, -0.2) is 37.7 Å². The van der Waals surface area contributed by atoms with E-state index in [4.69, 9.17) is 5.11 Å². The first-order chi connectivity index (χ1) is 10.8. The van der Waals surface area contributed by atoms with Crippen LogP contribution < -0.4 is 10.0 Å². The Labute approximate surface area is 135 Å². The van der Waals surface area contributed by atoms with E-state index in [-0.39, 0.29) is 17.9 Å². The molecule has 0 aliphatic heterocycles. The van der Waals surface area contributed by atoms with E-state index in [9.17, 15) is 18.0 Å². The number of rotatable bonds is 8. The Morgan fingerprint density at radius 2 is 2.00 bits per heavy atom. The molecule has 0 saturated heterocycles. The molecule has 0 bridgehead atoms. The van der Waals surface area contributed by atoms with Gasteiger partial charge >= 0.3 is 5.97 Å². The first-order valence-electron chi connectivity index (χ1n) is 7.40. The predicted octanol–water partition coefficient (Wildman–Crippen LogP) is 1.43. The maximum atomic E-state index is 12.1. The number of hydrogen-bond acceptors (Lipinski definition) is 4. The van der Waals surface area contributed by atoms with Crippen LogP contribution >= 0.6 is 0 Å². The van der Waals surface area contributed by atoms with Gasteiger partial charge in [-0.05, 0) is 37.5 Å². The monoisotopic (exact) mass is 340 g/mol. The normalized spacial score (nSPS) is 15.7. The van der Waals surface area contributed by atoms with E-state index < -0.39 is 27.3 Å². The standard InChI is InChI=1S/C15H20N2O5S/c1-2-8-23(21,22)17-12-5-3-4-11(9-12)13(18)16-10-15(6-7-15)14(19)20/h3-5,9,17H,2,6-8,10H2,1H3,(H,16,18)(H,19,20). The summed E-state index contributed by atoms with van der Waals surface area (Å²) in [5.74, 6) is -1.32. The van der Waals surface area contributed by atoms with E-state index in [1.54, 1.807) is 25.1 Å². The summed E-state index contributed by atoms with van der Waals surface area (Å²) in [7, 11) is -3.42. The van der Waals surface area contributed by atoms with Crippen LogP contribution in [0.5, 0.6) is 0 Å². The lowest BCUT2D eigenvalue weighted by atomic mass is 10.1. The maximum absolute atomic E-state index is 12.1. The average molecular weight is 340 g/mol. The minimum atomic E-state index is -3.42. The molecule has 0 atom stereocenters. The third kappa shape index (κ3) is 4.44. The van der Waals surface area contributed by atoms with Crippen molar-refractivity contribution in [3.63, 3.8) is 0 Å². The Morgan fingerprint density at radius 3 is 2.57 bits per heavy atom. The van der Waals surface area contributed by atoms with Gasteiger partial charge in [0.2, 0.25) is 10.0 Å². The number of nitrogens with one attached hydrogen (secondary N) is 2. The van der Waals surface area contributed by atoms with Gasteiger partial charge in [-0.3, -0.25) is 14.3 Å². The fourth-order valence-corrected chi connectivity index (χ4v) is 3.32. The number of carboxylic acids is 1. The van der Waals surface area contributed by atoms with Gasteiger partial charge in [0.05, 0.1) is 11.2 Å². The summed E-state index contributed by atoms with van der Waals surface area (Å²) < 4.78 is 25.9. The molecule has 2 rings (SSSR count). The molecule has 1 aliphatic carbocycles. The minimum absolute atomic E-state index is 0.00452. The highest BCUT2D eigenvalue weighted by Crippen LogP contribution is 2.45. The molecule has 0 heterocycles. The van der Waals surface area contributed by atoms with Crippen molar-refractivity contribution in [3.8, 4) is 0 Å². The molecule has 8 heteroatoms. The lowest BCUT2D eigenvalue weighted by Crippen LogP contribution is -2.34. The number of benzene rings is 1. The van der Waals surface area contributed by atoms with Crippen LogP contribution in [0.25, 0.3) is 0 Å².